The fourth-order valence-corrected chi connectivity index (χ4v) is 2.87. The number of nitrogens with zero attached hydrogens (tertiary/aromatic N) is 1. The van der Waals surface area contributed by atoms with Crippen molar-refractivity contribution < 1.29 is 9.53 Å². The first-order valence-corrected chi connectivity index (χ1v) is 5.86. The van der Waals surface area contributed by atoms with Crippen molar-refractivity contribution in [2.75, 3.05) is 13.7 Å². The van der Waals surface area contributed by atoms with Crippen molar-refractivity contribution in [2.45, 2.75) is 50.7 Å². The third kappa shape index (κ3) is 2.25. The second kappa shape index (κ2) is 4.39. The Morgan fingerprint density at radius 1 is 1.40 bits per heavy atom. The van der Waals surface area contributed by atoms with Crippen LogP contribution in [-0.2, 0) is 4.74 Å². The molecule has 4 heteroatoms. The highest BCUT2D eigenvalue weighted by molar-refractivity contribution is 5.67. The molecule has 0 aliphatic carbocycles. The number of hydrogen-bond acceptors (Lipinski definition) is 3. The lowest BCUT2D eigenvalue weighted by molar-refractivity contribution is 0.122. The second-order valence-electron chi connectivity index (χ2n) is 4.58. The highest BCUT2D eigenvalue weighted by atomic mass is 16.5. The van der Waals surface area contributed by atoms with Gasteiger partial charge >= 0.3 is 6.09 Å². The molecule has 1 amide bonds. The summed E-state index contributed by atoms with van der Waals surface area (Å²) >= 11 is 0. The van der Waals surface area contributed by atoms with Crippen LogP contribution in [0, 0.1) is 0 Å². The summed E-state index contributed by atoms with van der Waals surface area (Å²) in [7, 11) is 2.20. The number of piperidine rings is 1. The van der Waals surface area contributed by atoms with Gasteiger partial charge in [0.2, 0.25) is 0 Å². The number of nitrogens with one attached hydrogen (secondary N) is 1. The van der Waals surface area contributed by atoms with Gasteiger partial charge in [-0.25, -0.2) is 4.79 Å². The summed E-state index contributed by atoms with van der Waals surface area (Å²) in [6, 6.07) is 1.64. The van der Waals surface area contributed by atoms with E-state index in [1.165, 1.54) is 12.8 Å². The number of amides is 1. The minimum atomic E-state index is -0.258. The maximum Gasteiger partial charge on any atom is 0.407 e. The van der Waals surface area contributed by atoms with Crippen LogP contribution in [-0.4, -0.2) is 42.8 Å². The Kier molecular flexibility index (Phi) is 3.14. The summed E-state index contributed by atoms with van der Waals surface area (Å²) < 4.78 is 4.90. The molecule has 2 heterocycles. The third-order valence-corrected chi connectivity index (χ3v) is 3.70. The van der Waals surface area contributed by atoms with E-state index in [1.807, 2.05) is 6.92 Å². The molecular formula is C11H20N2O2. The molecule has 86 valence electrons. The highest BCUT2D eigenvalue weighted by Crippen LogP contribution is 2.34. The summed E-state index contributed by atoms with van der Waals surface area (Å²) in [5.41, 5.74) is 0. The molecule has 2 saturated heterocycles. The molecule has 1 N–H and O–H groups in total. The molecule has 0 aromatic heterocycles. The molecule has 2 bridgehead atoms. The van der Waals surface area contributed by atoms with Gasteiger partial charge in [-0.05, 0) is 39.7 Å². The number of fused-ring (bicyclic) bond motifs is 2. The molecule has 15 heavy (non-hydrogen) atoms. The van der Waals surface area contributed by atoms with E-state index in [2.05, 4.69) is 17.3 Å². The molecule has 2 atom stereocenters. The Balaban J connectivity index is 1.84. The first-order valence-electron chi connectivity index (χ1n) is 5.86. The quantitative estimate of drug-likeness (QED) is 0.751. The lowest BCUT2D eigenvalue weighted by atomic mass is 9.98. The molecule has 0 aromatic rings. The van der Waals surface area contributed by atoms with Crippen LogP contribution in [0.4, 0.5) is 4.79 Å². The van der Waals surface area contributed by atoms with Gasteiger partial charge in [-0.15, -0.1) is 0 Å². The van der Waals surface area contributed by atoms with Crippen molar-refractivity contribution in [2.24, 2.45) is 0 Å². The fraction of sp³-hybridized carbons (Fsp3) is 0.909. The third-order valence-electron chi connectivity index (χ3n) is 3.70. The average molecular weight is 212 g/mol. The van der Waals surface area contributed by atoms with E-state index in [0.717, 1.165) is 12.8 Å². The monoisotopic (exact) mass is 212 g/mol. The Bertz CT molecular complexity index is 231. The normalized spacial score (nSPS) is 35.2. The Hall–Kier alpha value is -0.770. The molecule has 0 spiro atoms. The van der Waals surface area contributed by atoms with Gasteiger partial charge < -0.3 is 15.0 Å². The standard InChI is InChI=1S/C11H20N2O2/c1-3-15-11(14)12-8-6-9-4-5-10(7-8)13(9)2/h8-10H,3-7H2,1-2H3,(H,12,14). The van der Waals surface area contributed by atoms with Crippen LogP contribution in [0.25, 0.3) is 0 Å². The zero-order valence-electron chi connectivity index (χ0n) is 9.53. The van der Waals surface area contributed by atoms with Crippen LogP contribution in [0.5, 0.6) is 0 Å². The SMILES string of the molecule is CCOC(=O)NC1CC2CCC(C1)N2C. The molecule has 2 aliphatic rings. The average Bonchev–Trinajstić information content (AvgIpc) is 2.43. The van der Waals surface area contributed by atoms with Crippen LogP contribution >= 0.6 is 0 Å². The van der Waals surface area contributed by atoms with Gasteiger partial charge in [-0.2, -0.15) is 0 Å². The zero-order valence-corrected chi connectivity index (χ0v) is 9.53. The summed E-state index contributed by atoms with van der Waals surface area (Å²) in [6.07, 6.45) is 4.45. The number of alkyl carbamates (subject to hydrolysis) is 1. The van der Waals surface area contributed by atoms with Gasteiger partial charge in [0.05, 0.1) is 6.61 Å². The smallest absolute Gasteiger partial charge is 0.407 e. The Labute approximate surface area is 91.0 Å². The number of carbonyl (C=O) groups excluding carboxylic acids is 1. The minimum Gasteiger partial charge on any atom is -0.450 e. The lowest BCUT2D eigenvalue weighted by Gasteiger charge is -2.36. The van der Waals surface area contributed by atoms with E-state index in [-0.39, 0.29) is 6.09 Å². The fourth-order valence-electron chi connectivity index (χ4n) is 2.87. The largest absolute Gasteiger partial charge is 0.450 e. The summed E-state index contributed by atoms with van der Waals surface area (Å²) in [6.45, 7) is 2.28. The molecule has 2 aliphatic heterocycles. The first kappa shape index (κ1) is 10.7. The second-order valence-corrected chi connectivity index (χ2v) is 4.58. The summed E-state index contributed by atoms with van der Waals surface area (Å²) in [5.74, 6) is 0. The van der Waals surface area contributed by atoms with Crippen LogP contribution < -0.4 is 5.32 Å². The van der Waals surface area contributed by atoms with Crippen LogP contribution in [0.1, 0.15) is 32.6 Å². The number of carbonyl (C=O) groups is 1. The molecule has 4 nitrogen and oxygen atoms in total. The molecular weight excluding hydrogens is 192 g/mol. The van der Waals surface area contributed by atoms with Gasteiger partial charge in [-0.1, -0.05) is 0 Å². The van der Waals surface area contributed by atoms with Crippen molar-refractivity contribution in [3.63, 3.8) is 0 Å². The summed E-state index contributed by atoms with van der Waals surface area (Å²) in [5, 5.41) is 2.95. The van der Waals surface area contributed by atoms with E-state index in [4.69, 9.17) is 4.74 Å². The van der Waals surface area contributed by atoms with Gasteiger partial charge in [0.25, 0.3) is 0 Å². The van der Waals surface area contributed by atoms with Gasteiger partial charge in [0.15, 0.2) is 0 Å². The maximum absolute atomic E-state index is 11.3. The van der Waals surface area contributed by atoms with Crippen molar-refractivity contribution in [3.8, 4) is 0 Å². The summed E-state index contributed by atoms with van der Waals surface area (Å²) in [4.78, 5) is 13.7. The Morgan fingerprint density at radius 3 is 2.53 bits per heavy atom. The molecule has 2 rings (SSSR count). The van der Waals surface area contributed by atoms with Gasteiger partial charge in [0, 0.05) is 18.1 Å². The van der Waals surface area contributed by atoms with Crippen molar-refractivity contribution in [1.82, 2.24) is 10.2 Å². The topological polar surface area (TPSA) is 41.6 Å². The molecule has 0 saturated carbocycles. The number of hydrogen-bond donors (Lipinski definition) is 1. The van der Waals surface area contributed by atoms with E-state index in [1.54, 1.807) is 0 Å². The minimum absolute atomic E-state index is 0.258. The molecule has 0 radical (unpaired) electrons. The molecule has 2 unspecified atom stereocenters. The predicted molar refractivity (Wildman–Crippen MR) is 57.8 cm³/mol. The number of ether oxygens (including phenoxy) is 1. The zero-order chi connectivity index (χ0) is 10.8. The van der Waals surface area contributed by atoms with Gasteiger partial charge in [0.1, 0.15) is 0 Å². The van der Waals surface area contributed by atoms with E-state index in [9.17, 15) is 4.79 Å². The van der Waals surface area contributed by atoms with Crippen LogP contribution in [0.3, 0.4) is 0 Å². The predicted octanol–water partition coefficient (Wildman–Crippen LogP) is 1.36. The van der Waals surface area contributed by atoms with Crippen LogP contribution in [0.2, 0.25) is 0 Å². The maximum atomic E-state index is 11.3. The highest BCUT2D eigenvalue weighted by Gasteiger charge is 2.38. The van der Waals surface area contributed by atoms with Crippen molar-refractivity contribution in [3.05, 3.63) is 0 Å². The Morgan fingerprint density at radius 2 is 2.00 bits per heavy atom. The van der Waals surface area contributed by atoms with Crippen molar-refractivity contribution in [1.29, 1.82) is 0 Å². The molecule has 0 aromatic carbocycles. The lowest BCUT2D eigenvalue weighted by Crippen LogP contribution is -2.48. The van der Waals surface area contributed by atoms with E-state index < -0.39 is 0 Å². The van der Waals surface area contributed by atoms with E-state index >= 15 is 0 Å². The first-order chi connectivity index (χ1) is 7.20. The van der Waals surface area contributed by atoms with Gasteiger partial charge in [-0.3, -0.25) is 0 Å². The van der Waals surface area contributed by atoms with Crippen molar-refractivity contribution >= 4 is 6.09 Å². The number of rotatable bonds is 2. The molecule has 2 fully saturated rings. The van der Waals surface area contributed by atoms with Crippen LogP contribution in [0.15, 0.2) is 0 Å². The van der Waals surface area contributed by atoms with E-state index in [0.29, 0.717) is 24.7 Å².